The normalized spacial score (nSPS) is 10.5. The van der Waals surface area contributed by atoms with Gasteiger partial charge in [-0.25, -0.2) is 13.8 Å². The van der Waals surface area contributed by atoms with Gasteiger partial charge in [-0.3, -0.25) is 14.9 Å². The summed E-state index contributed by atoms with van der Waals surface area (Å²) in [7, 11) is 0. The fourth-order valence-electron chi connectivity index (χ4n) is 2.16. The maximum absolute atomic E-state index is 13.1. The third-order valence-electron chi connectivity index (χ3n) is 3.42. The molecule has 0 aliphatic heterocycles. The number of nitrogens with one attached hydrogen (secondary N) is 2. The fraction of sp³-hybridized carbons (Fsp3) is 0.0556. The molecule has 0 fully saturated rings. The first-order valence-electron chi connectivity index (χ1n) is 7.67. The molecule has 0 unspecified atom stereocenters. The van der Waals surface area contributed by atoms with Crippen molar-refractivity contribution in [2.45, 2.75) is 6.42 Å². The van der Waals surface area contributed by atoms with Crippen LogP contribution in [0.25, 0.3) is 0 Å². The molecule has 0 aliphatic carbocycles. The Balaban J connectivity index is 1.58. The quantitative estimate of drug-likeness (QED) is 0.653. The van der Waals surface area contributed by atoms with E-state index in [1.807, 2.05) is 0 Å². The Morgan fingerprint density at radius 1 is 1.07 bits per heavy atom. The monoisotopic (exact) mass is 407 g/mol. The van der Waals surface area contributed by atoms with Crippen molar-refractivity contribution in [1.29, 1.82) is 0 Å². The minimum atomic E-state index is -0.573. The maximum Gasteiger partial charge on any atom is 0.257 e. The topological polar surface area (TPSA) is 71.1 Å². The minimum Gasteiger partial charge on any atom is -0.326 e. The van der Waals surface area contributed by atoms with Crippen LogP contribution in [0.15, 0.2) is 47.8 Å². The molecule has 3 aromatic rings. The molecule has 138 valence electrons. The van der Waals surface area contributed by atoms with Crippen molar-refractivity contribution < 1.29 is 18.4 Å². The van der Waals surface area contributed by atoms with Crippen molar-refractivity contribution in [1.82, 2.24) is 4.98 Å². The lowest BCUT2D eigenvalue weighted by Gasteiger charge is -2.05. The van der Waals surface area contributed by atoms with Gasteiger partial charge in [0.2, 0.25) is 5.91 Å². The van der Waals surface area contributed by atoms with E-state index >= 15 is 0 Å². The minimum absolute atomic E-state index is 0.0298. The first kappa shape index (κ1) is 18.9. The van der Waals surface area contributed by atoms with Gasteiger partial charge in [0, 0.05) is 16.6 Å². The zero-order valence-corrected chi connectivity index (χ0v) is 15.2. The molecule has 0 radical (unpaired) electrons. The van der Waals surface area contributed by atoms with Crippen LogP contribution in [0.3, 0.4) is 0 Å². The van der Waals surface area contributed by atoms with Gasteiger partial charge in [0.15, 0.2) is 5.13 Å². The lowest BCUT2D eigenvalue weighted by molar-refractivity contribution is -0.115. The summed E-state index contributed by atoms with van der Waals surface area (Å²) >= 11 is 6.83. The number of benzene rings is 2. The molecule has 3 rings (SSSR count). The fourth-order valence-corrected chi connectivity index (χ4v) is 3.05. The molecule has 2 amide bonds. The number of anilines is 2. The molecule has 0 bridgehead atoms. The second-order valence-corrected chi connectivity index (χ2v) is 6.72. The zero-order chi connectivity index (χ0) is 19.4. The second kappa shape index (κ2) is 8.24. The molecular formula is C18H12ClF2N3O2S. The van der Waals surface area contributed by atoms with Crippen LogP contribution >= 0.6 is 22.9 Å². The number of halogens is 3. The highest BCUT2D eigenvalue weighted by atomic mass is 35.5. The zero-order valence-electron chi connectivity index (χ0n) is 13.6. The van der Waals surface area contributed by atoms with Crippen LogP contribution in [-0.2, 0) is 11.2 Å². The number of aromatic nitrogens is 1. The van der Waals surface area contributed by atoms with Crippen LogP contribution in [0.4, 0.5) is 19.6 Å². The molecule has 0 saturated heterocycles. The van der Waals surface area contributed by atoms with E-state index in [9.17, 15) is 18.4 Å². The van der Waals surface area contributed by atoms with Gasteiger partial charge < -0.3 is 5.32 Å². The van der Waals surface area contributed by atoms with E-state index in [1.54, 1.807) is 5.38 Å². The van der Waals surface area contributed by atoms with Gasteiger partial charge in [-0.15, -0.1) is 11.3 Å². The van der Waals surface area contributed by atoms with Crippen LogP contribution < -0.4 is 10.6 Å². The Morgan fingerprint density at radius 3 is 2.52 bits per heavy atom. The molecule has 5 nitrogen and oxygen atoms in total. The number of thiazole rings is 1. The third-order valence-corrected chi connectivity index (χ3v) is 4.52. The highest BCUT2D eigenvalue weighted by molar-refractivity contribution is 7.14. The third kappa shape index (κ3) is 5.08. The van der Waals surface area contributed by atoms with E-state index in [1.165, 1.54) is 36.4 Å². The second-order valence-electron chi connectivity index (χ2n) is 5.46. The van der Waals surface area contributed by atoms with Crippen molar-refractivity contribution in [2.75, 3.05) is 10.6 Å². The van der Waals surface area contributed by atoms with Gasteiger partial charge in [0.05, 0.1) is 17.1 Å². The standard InChI is InChI=1S/C18H12ClF2N3O2S/c19-14-7-12(5-6-15(14)21)22-16(25)8-13-9-27-18(23-13)24-17(26)10-1-3-11(20)4-2-10/h1-7,9H,8H2,(H,22,25)(H,23,24,26). The number of carbonyl (C=O) groups is 2. The van der Waals surface area contributed by atoms with Gasteiger partial charge in [0.1, 0.15) is 11.6 Å². The van der Waals surface area contributed by atoms with Crippen molar-refractivity contribution in [3.63, 3.8) is 0 Å². The molecule has 1 aromatic heterocycles. The van der Waals surface area contributed by atoms with E-state index in [2.05, 4.69) is 15.6 Å². The Bertz CT molecular complexity index is 993. The van der Waals surface area contributed by atoms with Crippen LogP contribution in [0.2, 0.25) is 5.02 Å². The molecule has 2 aromatic carbocycles. The van der Waals surface area contributed by atoms with E-state index in [-0.39, 0.29) is 17.4 Å². The molecule has 2 N–H and O–H groups in total. The lowest BCUT2D eigenvalue weighted by Crippen LogP contribution is -2.15. The maximum atomic E-state index is 13.1. The smallest absolute Gasteiger partial charge is 0.257 e. The summed E-state index contributed by atoms with van der Waals surface area (Å²) in [5, 5.41) is 7.04. The van der Waals surface area contributed by atoms with Gasteiger partial charge >= 0.3 is 0 Å². The average molecular weight is 408 g/mol. The van der Waals surface area contributed by atoms with Gasteiger partial charge in [-0.1, -0.05) is 11.6 Å². The van der Waals surface area contributed by atoms with E-state index < -0.39 is 17.5 Å². The van der Waals surface area contributed by atoms with Crippen LogP contribution in [0, 0.1) is 11.6 Å². The van der Waals surface area contributed by atoms with Crippen molar-refractivity contribution in [2.24, 2.45) is 0 Å². The molecule has 9 heteroatoms. The van der Waals surface area contributed by atoms with Gasteiger partial charge in [-0.2, -0.15) is 0 Å². The number of rotatable bonds is 5. The van der Waals surface area contributed by atoms with Crippen molar-refractivity contribution in [3.05, 3.63) is 75.8 Å². The summed E-state index contributed by atoms with van der Waals surface area (Å²) in [6, 6.07) is 8.96. The number of carbonyl (C=O) groups excluding carboxylic acids is 2. The molecule has 0 atom stereocenters. The summed E-state index contributed by atoms with van der Waals surface area (Å²) < 4.78 is 26.0. The molecule has 1 heterocycles. The number of amides is 2. The molecule has 27 heavy (non-hydrogen) atoms. The van der Waals surface area contributed by atoms with E-state index in [0.29, 0.717) is 22.1 Å². The van der Waals surface area contributed by atoms with Crippen LogP contribution in [0.1, 0.15) is 16.1 Å². The Hall–Kier alpha value is -2.84. The molecule has 0 saturated carbocycles. The Labute approximate surface area is 162 Å². The molecule has 0 spiro atoms. The van der Waals surface area contributed by atoms with Crippen LogP contribution in [-0.4, -0.2) is 16.8 Å². The van der Waals surface area contributed by atoms with Gasteiger partial charge in [-0.05, 0) is 42.5 Å². The summed E-state index contributed by atoms with van der Waals surface area (Å²) in [6.45, 7) is 0. The Morgan fingerprint density at radius 2 is 1.81 bits per heavy atom. The highest BCUT2D eigenvalue weighted by Gasteiger charge is 2.12. The summed E-state index contributed by atoms with van der Waals surface area (Å²) in [5.74, 6) is -1.80. The van der Waals surface area contributed by atoms with Gasteiger partial charge in [0.25, 0.3) is 5.91 Å². The summed E-state index contributed by atoms with van der Waals surface area (Å²) in [6.07, 6.45) is -0.0298. The number of hydrogen-bond donors (Lipinski definition) is 2. The van der Waals surface area contributed by atoms with E-state index in [0.717, 1.165) is 17.4 Å². The van der Waals surface area contributed by atoms with E-state index in [4.69, 9.17) is 11.6 Å². The first-order chi connectivity index (χ1) is 12.9. The number of nitrogens with zero attached hydrogens (tertiary/aromatic N) is 1. The summed E-state index contributed by atoms with van der Waals surface area (Å²) in [4.78, 5) is 28.3. The highest BCUT2D eigenvalue weighted by Crippen LogP contribution is 2.20. The molecular weight excluding hydrogens is 396 g/mol. The largest absolute Gasteiger partial charge is 0.326 e. The SMILES string of the molecule is O=C(Cc1csc(NC(=O)c2ccc(F)cc2)n1)Nc1ccc(F)c(Cl)c1. The predicted molar refractivity (Wildman–Crippen MR) is 100 cm³/mol. The van der Waals surface area contributed by atoms with Crippen molar-refractivity contribution in [3.8, 4) is 0 Å². The molecule has 0 aliphatic rings. The van der Waals surface area contributed by atoms with Crippen molar-refractivity contribution >= 4 is 45.6 Å². The predicted octanol–water partition coefficient (Wildman–Crippen LogP) is 4.51. The number of hydrogen-bond acceptors (Lipinski definition) is 4. The summed E-state index contributed by atoms with van der Waals surface area (Å²) in [5.41, 5.74) is 1.12. The first-order valence-corrected chi connectivity index (χ1v) is 8.93. The van der Waals surface area contributed by atoms with Crippen LogP contribution in [0.5, 0.6) is 0 Å². The average Bonchev–Trinajstić information content (AvgIpc) is 3.05. The Kier molecular flexibility index (Phi) is 5.78. The lowest BCUT2D eigenvalue weighted by atomic mass is 10.2.